The number of anilines is 2. The summed E-state index contributed by atoms with van der Waals surface area (Å²) in [5.74, 6) is 1.46. The lowest BCUT2D eigenvalue weighted by molar-refractivity contribution is 0.211. The molecule has 1 aliphatic rings. The monoisotopic (exact) mass is 282 g/mol. The summed E-state index contributed by atoms with van der Waals surface area (Å²) in [5, 5.41) is 3.49. The molecule has 4 nitrogen and oxygen atoms in total. The normalized spacial score (nSPS) is 16.8. The SMILES string of the molecule is Nc1cccc(NC2CCN(Cc3ccccc3)CC2)n1. The largest absolute Gasteiger partial charge is 0.384 e. The molecule has 1 fully saturated rings. The van der Waals surface area contributed by atoms with Crippen molar-refractivity contribution in [3.05, 3.63) is 54.1 Å². The molecule has 1 aromatic carbocycles. The summed E-state index contributed by atoms with van der Waals surface area (Å²) in [6.45, 7) is 3.29. The van der Waals surface area contributed by atoms with Gasteiger partial charge in [0.15, 0.2) is 0 Å². The molecule has 3 rings (SSSR count). The summed E-state index contributed by atoms with van der Waals surface area (Å²) in [6.07, 6.45) is 2.28. The van der Waals surface area contributed by atoms with E-state index in [2.05, 4.69) is 45.5 Å². The predicted octanol–water partition coefficient (Wildman–Crippen LogP) is 2.74. The number of benzene rings is 1. The molecule has 1 aliphatic heterocycles. The Kier molecular flexibility index (Phi) is 4.36. The second kappa shape index (κ2) is 6.59. The zero-order valence-electron chi connectivity index (χ0n) is 12.2. The Morgan fingerprint density at radius 1 is 1.05 bits per heavy atom. The van der Waals surface area contributed by atoms with Gasteiger partial charge in [0.05, 0.1) is 0 Å². The van der Waals surface area contributed by atoms with Crippen molar-refractivity contribution in [2.75, 3.05) is 24.1 Å². The van der Waals surface area contributed by atoms with Crippen molar-refractivity contribution in [3.8, 4) is 0 Å². The van der Waals surface area contributed by atoms with Gasteiger partial charge in [0.25, 0.3) is 0 Å². The minimum absolute atomic E-state index is 0.492. The van der Waals surface area contributed by atoms with Crippen LogP contribution >= 0.6 is 0 Å². The summed E-state index contributed by atoms with van der Waals surface area (Å²) in [5.41, 5.74) is 7.10. The van der Waals surface area contributed by atoms with Crippen LogP contribution in [0.1, 0.15) is 18.4 Å². The number of nitrogen functional groups attached to an aromatic ring is 1. The lowest BCUT2D eigenvalue weighted by atomic mass is 10.0. The number of hydrogen-bond donors (Lipinski definition) is 2. The highest BCUT2D eigenvalue weighted by atomic mass is 15.1. The van der Waals surface area contributed by atoms with Crippen molar-refractivity contribution in [3.63, 3.8) is 0 Å². The minimum atomic E-state index is 0.492. The number of piperidine rings is 1. The highest BCUT2D eigenvalue weighted by Crippen LogP contribution is 2.17. The van der Waals surface area contributed by atoms with E-state index >= 15 is 0 Å². The summed E-state index contributed by atoms with van der Waals surface area (Å²) in [6, 6.07) is 16.9. The number of hydrogen-bond acceptors (Lipinski definition) is 4. The second-order valence-electron chi connectivity index (χ2n) is 5.63. The molecule has 1 saturated heterocycles. The van der Waals surface area contributed by atoms with Crippen molar-refractivity contribution in [2.24, 2.45) is 0 Å². The number of nitrogens with one attached hydrogen (secondary N) is 1. The second-order valence-corrected chi connectivity index (χ2v) is 5.63. The van der Waals surface area contributed by atoms with E-state index in [4.69, 9.17) is 5.73 Å². The maximum Gasteiger partial charge on any atom is 0.128 e. The predicted molar refractivity (Wildman–Crippen MR) is 87.0 cm³/mol. The van der Waals surface area contributed by atoms with Gasteiger partial charge >= 0.3 is 0 Å². The van der Waals surface area contributed by atoms with Gasteiger partial charge in [0, 0.05) is 25.7 Å². The van der Waals surface area contributed by atoms with Crippen molar-refractivity contribution < 1.29 is 0 Å². The summed E-state index contributed by atoms with van der Waals surface area (Å²) in [4.78, 5) is 6.82. The number of rotatable bonds is 4. The fourth-order valence-electron chi connectivity index (χ4n) is 2.82. The first-order valence-corrected chi connectivity index (χ1v) is 7.55. The number of nitrogens with zero attached hydrogens (tertiary/aromatic N) is 2. The van der Waals surface area contributed by atoms with Gasteiger partial charge in [0.1, 0.15) is 11.6 Å². The third-order valence-electron chi connectivity index (χ3n) is 3.96. The van der Waals surface area contributed by atoms with E-state index in [-0.39, 0.29) is 0 Å². The lowest BCUT2D eigenvalue weighted by Crippen LogP contribution is -2.38. The van der Waals surface area contributed by atoms with Crippen molar-refractivity contribution in [1.82, 2.24) is 9.88 Å². The zero-order valence-corrected chi connectivity index (χ0v) is 12.2. The van der Waals surface area contributed by atoms with Crippen LogP contribution in [0.4, 0.5) is 11.6 Å². The first-order chi connectivity index (χ1) is 10.3. The molecule has 1 aromatic heterocycles. The van der Waals surface area contributed by atoms with Crippen LogP contribution < -0.4 is 11.1 Å². The Labute approximate surface area is 126 Å². The van der Waals surface area contributed by atoms with Gasteiger partial charge in [-0.15, -0.1) is 0 Å². The quantitative estimate of drug-likeness (QED) is 0.905. The van der Waals surface area contributed by atoms with Gasteiger partial charge in [-0.05, 0) is 30.5 Å². The molecule has 2 aromatic rings. The Morgan fingerprint density at radius 2 is 1.81 bits per heavy atom. The molecule has 3 N–H and O–H groups in total. The third kappa shape index (κ3) is 3.95. The van der Waals surface area contributed by atoms with Crippen LogP contribution in [-0.4, -0.2) is 29.0 Å². The lowest BCUT2D eigenvalue weighted by Gasteiger charge is -2.32. The Bertz CT molecular complexity index is 562. The van der Waals surface area contributed by atoms with Gasteiger partial charge in [-0.25, -0.2) is 4.98 Å². The summed E-state index contributed by atoms with van der Waals surface area (Å²) >= 11 is 0. The van der Waals surface area contributed by atoms with Gasteiger partial charge in [-0.3, -0.25) is 4.90 Å². The Morgan fingerprint density at radius 3 is 2.52 bits per heavy atom. The van der Waals surface area contributed by atoms with Crippen LogP contribution in [0.15, 0.2) is 48.5 Å². The maximum absolute atomic E-state index is 5.71. The van der Waals surface area contributed by atoms with Gasteiger partial charge in [-0.2, -0.15) is 0 Å². The van der Waals surface area contributed by atoms with E-state index in [1.54, 1.807) is 0 Å². The molecule has 0 aliphatic carbocycles. The fraction of sp³-hybridized carbons (Fsp3) is 0.353. The van der Waals surface area contributed by atoms with E-state index in [1.165, 1.54) is 5.56 Å². The number of pyridine rings is 1. The maximum atomic E-state index is 5.71. The highest BCUT2D eigenvalue weighted by Gasteiger charge is 2.19. The molecular formula is C17H22N4. The molecule has 21 heavy (non-hydrogen) atoms. The van der Waals surface area contributed by atoms with Gasteiger partial charge in [-0.1, -0.05) is 36.4 Å². The van der Waals surface area contributed by atoms with Gasteiger partial charge < -0.3 is 11.1 Å². The van der Waals surface area contributed by atoms with Crippen LogP contribution in [-0.2, 0) is 6.54 Å². The summed E-state index contributed by atoms with van der Waals surface area (Å²) < 4.78 is 0. The van der Waals surface area contributed by atoms with Crippen LogP contribution in [0.5, 0.6) is 0 Å². The Hall–Kier alpha value is -2.07. The summed E-state index contributed by atoms with van der Waals surface area (Å²) in [7, 11) is 0. The van der Waals surface area contributed by atoms with Crippen molar-refractivity contribution in [1.29, 1.82) is 0 Å². The van der Waals surface area contributed by atoms with E-state index < -0.39 is 0 Å². The van der Waals surface area contributed by atoms with Crippen LogP contribution in [0, 0.1) is 0 Å². The molecule has 110 valence electrons. The zero-order chi connectivity index (χ0) is 14.5. The van der Waals surface area contributed by atoms with E-state index in [0.717, 1.165) is 38.3 Å². The Balaban J connectivity index is 1.49. The van der Waals surface area contributed by atoms with Crippen molar-refractivity contribution >= 4 is 11.6 Å². The highest BCUT2D eigenvalue weighted by molar-refractivity contribution is 5.42. The first kappa shape index (κ1) is 13.9. The molecule has 0 atom stereocenters. The molecule has 2 heterocycles. The number of aromatic nitrogens is 1. The smallest absolute Gasteiger partial charge is 0.128 e. The van der Waals surface area contributed by atoms with Gasteiger partial charge in [0.2, 0.25) is 0 Å². The average Bonchev–Trinajstić information content (AvgIpc) is 2.50. The molecule has 0 bridgehead atoms. The molecule has 0 radical (unpaired) electrons. The van der Waals surface area contributed by atoms with Crippen molar-refractivity contribution in [2.45, 2.75) is 25.4 Å². The average molecular weight is 282 g/mol. The van der Waals surface area contributed by atoms with Crippen LogP contribution in [0.2, 0.25) is 0 Å². The number of nitrogens with two attached hydrogens (primary N) is 1. The first-order valence-electron chi connectivity index (χ1n) is 7.55. The van der Waals surface area contributed by atoms with Crippen LogP contribution in [0.25, 0.3) is 0 Å². The molecule has 0 unspecified atom stereocenters. The standard InChI is InChI=1S/C17H22N4/c18-16-7-4-8-17(20-16)19-15-9-11-21(12-10-15)13-14-5-2-1-3-6-14/h1-8,15H,9-13H2,(H3,18,19,20). The molecule has 0 saturated carbocycles. The molecular weight excluding hydrogens is 260 g/mol. The van der Waals surface area contributed by atoms with E-state index in [1.807, 2.05) is 18.2 Å². The molecule has 4 heteroatoms. The fourth-order valence-corrected chi connectivity index (χ4v) is 2.82. The van der Waals surface area contributed by atoms with E-state index in [0.29, 0.717) is 11.9 Å². The minimum Gasteiger partial charge on any atom is -0.384 e. The third-order valence-corrected chi connectivity index (χ3v) is 3.96. The number of likely N-dealkylation sites (tertiary alicyclic amines) is 1. The molecule has 0 amide bonds. The molecule has 0 spiro atoms. The topological polar surface area (TPSA) is 54.2 Å². The van der Waals surface area contributed by atoms with E-state index in [9.17, 15) is 0 Å². The van der Waals surface area contributed by atoms with Crippen LogP contribution in [0.3, 0.4) is 0 Å².